The quantitative estimate of drug-likeness (QED) is 0.450. The number of anilines is 1. The summed E-state index contributed by atoms with van der Waals surface area (Å²) in [6.07, 6.45) is 6.46. The zero-order chi connectivity index (χ0) is 23.0. The van der Waals surface area contributed by atoms with Gasteiger partial charge in [0.2, 0.25) is 10.0 Å². The van der Waals surface area contributed by atoms with Crippen molar-refractivity contribution in [2.75, 3.05) is 44.3 Å². The minimum atomic E-state index is -3.91. The fourth-order valence-electron chi connectivity index (χ4n) is 4.36. The standard InChI is InChI=1S/C22H23N5O5S/c28-27(29)17-3-4-20(21(14-17)33(30,31)26-10-12-32-13-11-26)25-8-5-16(6-9-25)19-15-24-22-18(19)2-1-7-23-22/h1-5,7,14-15H,6,8-13H2,(H,23,24). The van der Waals surface area contributed by atoms with Crippen molar-refractivity contribution in [3.05, 3.63) is 64.5 Å². The molecule has 0 bridgehead atoms. The van der Waals surface area contributed by atoms with Crippen molar-refractivity contribution < 1.29 is 18.1 Å². The second-order valence-electron chi connectivity index (χ2n) is 7.95. The molecule has 3 aromatic rings. The number of H-pyrrole nitrogens is 1. The van der Waals surface area contributed by atoms with Crippen LogP contribution in [0.3, 0.4) is 0 Å². The summed E-state index contributed by atoms with van der Waals surface area (Å²) in [5.41, 5.74) is 3.30. The highest BCUT2D eigenvalue weighted by Gasteiger charge is 2.32. The van der Waals surface area contributed by atoms with Gasteiger partial charge in [0.1, 0.15) is 10.5 Å². The van der Waals surface area contributed by atoms with E-state index in [2.05, 4.69) is 16.0 Å². The molecule has 0 aliphatic carbocycles. The Hall–Kier alpha value is -3.28. The molecule has 10 nitrogen and oxygen atoms in total. The molecule has 0 spiro atoms. The number of sulfonamides is 1. The number of nitrogens with zero attached hydrogens (tertiary/aromatic N) is 4. The van der Waals surface area contributed by atoms with Gasteiger partial charge in [-0.25, -0.2) is 13.4 Å². The minimum absolute atomic E-state index is 0.0354. The van der Waals surface area contributed by atoms with Gasteiger partial charge in [-0.2, -0.15) is 4.31 Å². The Bertz CT molecular complexity index is 1340. The maximum Gasteiger partial charge on any atom is 0.270 e. The van der Waals surface area contributed by atoms with E-state index in [1.807, 2.05) is 23.2 Å². The van der Waals surface area contributed by atoms with E-state index in [0.29, 0.717) is 38.4 Å². The third-order valence-electron chi connectivity index (χ3n) is 6.09. The summed E-state index contributed by atoms with van der Waals surface area (Å²) in [5.74, 6) is 0. The van der Waals surface area contributed by atoms with Crippen LogP contribution in [0.4, 0.5) is 11.4 Å². The number of benzene rings is 1. The predicted octanol–water partition coefficient (Wildman–Crippen LogP) is 2.79. The molecule has 0 radical (unpaired) electrons. The summed E-state index contributed by atoms with van der Waals surface area (Å²) in [6.45, 7) is 2.14. The summed E-state index contributed by atoms with van der Waals surface area (Å²) >= 11 is 0. The van der Waals surface area contributed by atoms with Crippen LogP contribution in [-0.2, 0) is 14.8 Å². The number of nitrogens with one attached hydrogen (secondary N) is 1. The first-order valence-corrected chi connectivity index (χ1v) is 12.1. The van der Waals surface area contributed by atoms with Crippen molar-refractivity contribution in [1.29, 1.82) is 0 Å². The molecule has 2 aliphatic heterocycles. The number of morpholine rings is 1. The SMILES string of the molecule is O=[N+]([O-])c1ccc(N2CC=C(c3c[nH]c4ncccc34)CC2)c(S(=O)(=O)N2CCOCC2)c1. The van der Waals surface area contributed by atoms with Gasteiger partial charge in [0.05, 0.1) is 23.8 Å². The first kappa shape index (κ1) is 21.6. The van der Waals surface area contributed by atoms with Crippen molar-refractivity contribution in [2.24, 2.45) is 0 Å². The third kappa shape index (κ3) is 3.99. The molecule has 1 N–H and O–H groups in total. The molecule has 0 amide bonds. The van der Waals surface area contributed by atoms with Crippen LogP contribution in [0, 0.1) is 10.1 Å². The van der Waals surface area contributed by atoms with Crippen LogP contribution < -0.4 is 4.90 Å². The van der Waals surface area contributed by atoms with E-state index in [0.717, 1.165) is 22.2 Å². The van der Waals surface area contributed by atoms with Crippen LogP contribution in [0.15, 0.2) is 53.7 Å². The number of nitro benzene ring substituents is 1. The van der Waals surface area contributed by atoms with E-state index in [4.69, 9.17) is 4.74 Å². The maximum absolute atomic E-state index is 13.4. The molecule has 0 saturated carbocycles. The van der Waals surface area contributed by atoms with E-state index < -0.39 is 14.9 Å². The lowest BCUT2D eigenvalue weighted by Crippen LogP contribution is -2.41. The average molecular weight is 470 g/mol. The zero-order valence-electron chi connectivity index (χ0n) is 17.8. The van der Waals surface area contributed by atoms with Crippen LogP contribution in [-0.4, -0.2) is 67.0 Å². The van der Waals surface area contributed by atoms with Gasteiger partial charge in [-0.1, -0.05) is 6.08 Å². The van der Waals surface area contributed by atoms with Crippen molar-refractivity contribution in [3.63, 3.8) is 0 Å². The summed E-state index contributed by atoms with van der Waals surface area (Å²) in [4.78, 5) is 20.2. The van der Waals surface area contributed by atoms with E-state index >= 15 is 0 Å². The average Bonchev–Trinajstić information content (AvgIpc) is 3.28. The van der Waals surface area contributed by atoms with Crippen LogP contribution >= 0.6 is 0 Å². The van der Waals surface area contributed by atoms with Crippen molar-refractivity contribution in [1.82, 2.24) is 14.3 Å². The lowest BCUT2D eigenvalue weighted by molar-refractivity contribution is -0.385. The first-order valence-electron chi connectivity index (χ1n) is 10.7. The molecule has 2 aliphatic rings. The minimum Gasteiger partial charge on any atom is -0.379 e. The number of hydrogen-bond donors (Lipinski definition) is 1. The molecule has 0 unspecified atom stereocenters. The topological polar surface area (TPSA) is 122 Å². The third-order valence-corrected chi connectivity index (χ3v) is 8.02. The number of fused-ring (bicyclic) bond motifs is 1. The molecule has 0 atom stereocenters. The van der Waals surface area contributed by atoms with E-state index in [1.165, 1.54) is 16.4 Å². The second-order valence-corrected chi connectivity index (χ2v) is 9.86. The summed E-state index contributed by atoms with van der Waals surface area (Å²) in [6, 6.07) is 7.99. The van der Waals surface area contributed by atoms with Gasteiger partial charge in [-0.05, 0) is 30.2 Å². The van der Waals surface area contributed by atoms with E-state index in [-0.39, 0.29) is 23.7 Å². The van der Waals surface area contributed by atoms with Gasteiger partial charge < -0.3 is 14.6 Å². The Morgan fingerprint density at radius 2 is 1.97 bits per heavy atom. The molecule has 1 saturated heterocycles. The highest BCUT2D eigenvalue weighted by Crippen LogP contribution is 2.35. The largest absolute Gasteiger partial charge is 0.379 e. The first-order chi connectivity index (χ1) is 15.9. The molecule has 33 heavy (non-hydrogen) atoms. The van der Waals surface area contributed by atoms with Crippen LogP contribution in [0.25, 0.3) is 16.6 Å². The second kappa shape index (κ2) is 8.58. The van der Waals surface area contributed by atoms with Gasteiger partial charge in [-0.3, -0.25) is 10.1 Å². The summed E-state index contributed by atoms with van der Waals surface area (Å²) in [7, 11) is -3.91. The molecule has 2 aromatic heterocycles. The smallest absolute Gasteiger partial charge is 0.270 e. The number of rotatable bonds is 5. The number of aromatic amines is 1. The number of nitro groups is 1. The number of hydrogen-bond acceptors (Lipinski definition) is 7. The number of aromatic nitrogens is 2. The summed E-state index contributed by atoms with van der Waals surface area (Å²) < 4.78 is 33.4. The fraction of sp³-hybridized carbons (Fsp3) is 0.318. The van der Waals surface area contributed by atoms with Gasteiger partial charge in [-0.15, -0.1) is 0 Å². The Labute approximate surface area is 190 Å². The molecule has 1 aromatic carbocycles. The van der Waals surface area contributed by atoms with Crippen LogP contribution in [0.1, 0.15) is 12.0 Å². The van der Waals surface area contributed by atoms with Gasteiger partial charge in [0.15, 0.2) is 0 Å². The van der Waals surface area contributed by atoms with E-state index in [1.54, 1.807) is 12.3 Å². The predicted molar refractivity (Wildman–Crippen MR) is 124 cm³/mol. The maximum atomic E-state index is 13.4. The highest BCUT2D eigenvalue weighted by atomic mass is 32.2. The molecule has 1 fully saturated rings. The van der Waals surface area contributed by atoms with Crippen molar-refractivity contribution in [3.8, 4) is 0 Å². The normalized spacial score (nSPS) is 17.8. The van der Waals surface area contributed by atoms with Crippen molar-refractivity contribution in [2.45, 2.75) is 11.3 Å². The van der Waals surface area contributed by atoms with Crippen LogP contribution in [0.5, 0.6) is 0 Å². The fourth-order valence-corrected chi connectivity index (χ4v) is 6.00. The lowest BCUT2D eigenvalue weighted by atomic mass is 9.99. The molecular formula is C22H23N5O5S. The monoisotopic (exact) mass is 469 g/mol. The number of pyridine rings is 1. The zero-order valence-corrected chi connectivity index (χ0v) is 18.6. The Kier molecular flexibility index (Phi) is 5.60. The van der Waals surface area contributed by atoms with Gasteiger partial charge in [0, 0.05) is 61.7 Å². The highest BCUT2D eigenvalue weighted by molar-refractivity contribution is 7.89. The van der Waals surface area contributed by atoms with Gasteiger partial charge >= 0.3 is 0 Å². The molecule has 5 rings (SSSR count). The number of ether oxygens (including phenoxy) is 1. The molecule has 172 valence electrons. The Morgan fingerprint density at radius 1 is 1.15 bits per heavy atom. The lowest BCUT2D eigenvalue weighted by Gasteiger charge is -2.32. The van der Waals surface area contributed by atoms with Crippen LogP contribution in [0.2, 0.25) is 0 Å². The summed E-state index contributed by atoms with van der Waals surface area (Å²) in [5, 5.41) is 12.4. The Morgan fingerprint density at radius 3 is 2.70 bits per heavy atom. The van der Waals surface area contributed by atoms with E-state index in [9.17, 15) is 18.5 Å². The molecular weight excluding hydrogens is 446 g/mol. The number of non-ortho nitro benzene ring substituents is 1. The Balaban J connectivity index is 1.49. The van der Waals surface area contributed by atoms with Crippen molar-refractivity contribution >= 4 is 38.0 Å². The molecule has 4 heterocycles. The molecule has 11 heteroatoms. The van der Waals surface area contributed by atoms with Gasteiger partial charge in [0.25, 0.3) is 5.69 Å².